The van der Waals surface area contributed by atoms with Gasteiger partial charge in [-0.1, -0.05) is 12.8 Å². The van der Waals surface area contributed by atoms with Crippen molar-refractivity contribution in [2.45, 2.75) is 70.4 Å². The van der Waals surface area contributed by atoms with Crippen LogP contribution in [0.25, 0.3) is 0 Å². The molecule has 0 spiro atoms. The number of piperidine rings is 1. The Balaban J connectivity index is 1.47. The minimum absolute atomic E-state index is 0.0375. The second-order valence-electron chi connectivity index (χ2n) is 7.56. The molecule has 1 aliphatic heterocycles. The van der Waals surface area contributed by atoms with Crippen LogP contribution in [0.2, 0.25) is 0 Å². The molecule has 2 N–H and O–H groups in total. The van der Waals surface area contributed by atoms with E-state index >= 15 is 0 Å². The van der Waals surface area contributed by atoms with Crippen LogP contribution in [0.5, 0.6) is 0 Å². The molecule has 1 aromatic heterocycles. The standard InChI is InChI=1S/C19H28N2O4/c1-13-11-16(14(2)25-13)18(23)20-15-5-9-21(10-6-15)17(22)12-19(24)7-3-4-8-19/h11,15,24H,3-10,12H2,1-2H3,(H,20,23). The zero-order chi connectivity index (χ0) is 18.0. The molecule has 0 radical (unpaired) electrons. The highest BCUT2D eigenvalue weighted by molar-refractivity contribution is 5.95. The Labute approximate surface area is 148 Å². The number of hydrogen-bond acceptors (Lipinski definition) is 4. The van der Waals surface area contributed by atoms with E-state index in [4.69, 9.17) is 4.42 Å². The molecular formula is C19H28N2O4. The Morgan fingerprint density at radius 2 is 1.92 bits per heavy atom. The molecule has 2 amide bonds. The zero-order valence-electron chi connectivity index (χ0n) is 15.1. The number of furan rings is 1. The second-order valence-corrected chi connectivity index (χ2v) is 7.56. The van der Waals surface area contributed by atoms with Crippen molar-refractivity contribution < 1.29 is 19.1 Å². The van der Waals surface area contributed by atoms with Crippen LogP contribution in [0.3, 0.4) is 0 Å². The lowest BCUT2D eigenvalue weighted by Gasteiger charge is -2.34. The molecule has 3 rings (SSSR count). The summed E-state index contributed by atoms with van der Waals surface area (Å²) in [5.41, 5.74) is -0.210. The maximum absolute atomic E-state index is 12.4. The van der Waals surface area contributed by atoms with Gasteiger partial charge in [0.15, 0.2) is 0 Å². The molecule has 1 saturated heterocycles. The Hall–Kier alpha value is -1.82. The van der Waals surface area contributed by atoms with E-state index in [1.165, 1.54) is 0 Å². The molecule has 0 unspecified atom stereocenters. The number of carbonyl (C=O) groups is 2. The van der Waals surface area contributed by atoms with Gasteiger partial charge in [-0.3, -0.25) is 9.59 Å². The van der Waals surface area contributed by atoms with Gasteiger partial charge in [0.1, 0.15) is 11.5 Å². The van der Waals surface area contributed by atoms with E-state index in [0.717, 1.165) is 44.3 Å². The number of rotatable bonds is 4. The lowest BCUT2D eigenvalue weighted by molar-refractivity contribution is -0.137. The average molecular weight is 348 g/mol. The lowest BCUT2D eigenvalue weighted by Crippen LogP contribution is -2.48. The van der Waals surface area contributed by atoms with Crippen molar-refractivity contribution in [2.24, 2.45) is 0 Å². The number of likely N-dealkylation sites (tertiary alicyclic amines) is 1. The van der Waals surface area contributed by atoms with Gasteiger partial charge in [0.05, 0.1) is 17.6 Å². The number of carbonyl (C=O) groups excluding carboxylic acids is 2. The molecule has 0 aromatic carbocycles. The highest BCUT2D eigenvalue weighted by Crippen LogP contribution is 2.33. The predicted molar refractivity (Wildman–Crippen MR) is 93.3 cm³/mol. The Morgan fingerprint density at radius 3 is 2.48 bits per heavy atom. The Kier molecular flexibility index (Phi) is 5.18. The van der Waals surface area contributed by atoms with E-state index in [0.29, 0.717) is 24.4 Å². The van der Waals surface area contributed by atoms with Crippen molar-refractivity contribution in [3.8, 4) is 0 Å². The molecule has 25 heavy (non-hydrogen) atoms. The summed E-state index contributed by atoms with van der Waals surface area (Å²) in [5.74, 6) is 1.29. The second kappa shape index (κ2) is 7.20. The zero-order valence-corrected chi connectivity index (χ0v) is 15.1. The van der Waals surface area contributed by atoms with Gasteiger partial charge in [-0.15, -0.1) is 0 Å². The third-order valence-corrected chi connectivity index (χ3v) is 5.48. The summed E-state index contributed by atoms with van der Waals surface area (Å²) in [6.07, 6.45) is 5.19. The monoisotopic (exact) mass is 348 g/mol. The van der Waals surface area contributed by atoms with Gasteiger partial charge in [0.25, 0.3) is 5.91 Å². The first kappa shape index (κ1) is 18.0. The molecule has 2 heterocycles. The summed E-state index contributed by atoms with van der Waals surface area (Å²) in [7, 11) is 0. The quantitative estimate of drug-likeness (QED) is 0.875. The number of aryl methyl sites for hydroxylation is 2. The van der Waals surface area contributed by atoms with E-state index in [1.807, 2.05) is 11.8 Å². The normalized spacial score (nSPS) is 20.7. The van der Waals surface area contributed by atoms with Gasteiger partial charge in [-0.2, -0.15) is 0 Å². The van der Waals surface area contributed by atoms with E-state index in [-0.39, 0.29) is 24.3 Å². The van der Waals surface area contributed by atoms with Crippen LogP contribution in [0.15, 0.2) is 10.5 Å². The molecule has 1 saturated carbocycles. The molecule has 0 atom stereocenters. The molecule has 1 aliphatic carbocycles. The average Bonchev–Trinajstić information content (AvgIpc) is 3.13. The summed E-state index contributed by atoms with van der Waals surface area (Å²) in [4.78, 5) is 26.6. The van der Waals surface area contributed by atoms with Crippen molar-refractivity contribution in [2.75, 3.05) is 13.1 Å². The van der Waals surface area contributed by atoms with Crippen LogP contribution in [0.4, 0.5) is 0 Å². The first-order valence-corrected chi connectivity index (χ1v) is 9.24. The number of hydrogen-bond donors (Lipinski definition) is 2. The molecule has 0 bridgehead atoms. The van der Waals surface area contributed by atoms with Crippen LogP contribution < -0.4 is 5.32 Å². The van der Waals surface area contributed by atoms with Crippen molar-refractivity contribution in [3.63, 3.8) is 0 Å². The molecular weight excluding hydrogens is 320 g/mol. The van der Waals surface area contributed by atoms with E-state index in [9.17, 15) is 14.7 Å². The van der Waals surface area contributed by atoms with Crippen LogP contribution in [-0.4, -0.2) is 46.6 Å². The van der Waals surface area contributed by atoms with Crippen molar-refractivity contribution in [3.05, 3.63) is 23.2 Å². The van der Waals surface area contributed by atoms with Crippen molar-refractivity contribution in [1.29, 1.82) is 0 Å². The van der Waals surface area contributed by atoms with Crippen LogP contribution >= 0.6 is 0 Å². The minimum Gasteiger partial charge on any atom is -0.466 e. The van der Waals surface area contributed by atoms with Crippen LogP contribution in [-0.2, 0) is 4.79 Å². The Morgan fingerprint density at radius 1 is 1.28 bits per heavy atom. The largest absolute Gasteiger partial charge is 0.466 e. The Bertz CT molecular complexity index is 638. The molecule has 2 fully saturated rings. The van der Waals surface area contributed by atoms with Gasteiger partial charge in [0, 0.05) is 19.1 Å². The fourth-order valence-electron chi connectivity index (χ4n) is 4.00. The van der Waals surface area contributed by atoms with E-state index in [1.54, 1.807) is 13.0 Å². The molecule has 1 aromatic rings. The molecule has 6 heteroatoms. The SMILES string of the molecule is Cc1cc(C(=O)NC2CCN(C(=O)CC3(O)CCCC3)CC2)c(C)o1. The first-order chi connectivity index (χ1) is 11.9. The van der Waals surface area contributed by atoms with Gasteiger partial charge >= 0.3 is 0 Å². The first-order valence-electron chi connectivity index (χ1n) is 9.24. The number of nitrogens with zero attached hydrogens (tertiary/aromatic N) is 1. The highest BCUT2D eigenvalue weighted by Gasteiger charge is 2.35. The molecule has 2 aliphatic rings. The van der Waals surface area contributed by atoms with Crippen molar-refractivity contribution >= 4 is 11.8 Å². The van der Waals surface area contributed by atoms with Crippen molar-refractivity contribution in [1.82, 2.24) is 10.2 Å². The van der Waals surface area contributed by atoms with Gasteiger partial charge < -0.3 is 19.7 Å². The summed E-state index contributed by atoms with van der Waals surface area (Å²) in [5, 5.41) is 13.4. The number of amides is 2. The summed E-state index contributed by atoms with van der Waals surface area (Å²) in [6, 6.07) is 1.83. The third kappa shape index (κ3) is 4.24. The fraction of sp³-hybridized carbons (Fsp3) is 0.684. The summed E-state index contributed by atoms with van der Waals surface area (Å²) >= 11 is 0. The molecule has 6 nitrogen and oxygen atoms in total. The smallest absolute Gasteiger partial charge is 0.255 e. The van der Waals surface area contributed by atoms with Gasteiger partial charge in [-0.25, -0.2) is 0 Å². The molecule has 138 valence electrons. The van der Waals surface area contributed by atoms with Crippen LogP contribution in [0.1, 0.15) is 66.8 Å². The van der Waals surface area contributed by atoms with E-state index < -0.39 is 5.60 Å². The summed E-state index contributed by atoms with van der Waals surface area (Å²) < 4.78 is 5.41. The lowest BCUT2D eigenvalue weighted by atomic mass is 9.96. The van der Waals surface area contributed by atoms with Gasteiger partial charge in [0.2, 0.25) is 5.91 Å². The topological polar surface area (TPSA) is 82.8 Å². The maximum atomic E-state index is 12.4. The highest BCUT2D eigenvalue weighted by atomic mass is 16.3. The number of nitrogens with one attached hydrogen (secondary N) is 1. The third-order valence-electron chi connectivity index (χ3n) is 5.48. The minimum atomic E-state index is -0.793. The van der Waals surface area contributed by atoms with Gasteiger partial charge in [-0.05, 0) is 45.6 Å². The number of aliphatic hydroxyl groups is 1. The summed E-state index contributed by atoms with van der Waals surface area (Å²) in [6.45, 7) is 4.87. The fourth-order valence-corrected chi connectivity index (χ4v) is 4.00. The maximum Gasteiger partial charge on any atom is 0.255 e. The predicted octanol–water partition coefficient (Wildman–Crippen LogP) is 2.31. The van der Waals surface area contributed by atoms with Crippen LogP contribution in [0, 0.1) is 13.8 Å². The van der Waals surface area contributed by atoms with E-state index in [2.05, 4.69) is 5.32 Å².